The third kappa shape index (κ3) is 7.84. The third-order valence-electron chi connectivity index (χ3n) is 3.13. The van der Waals surface area contributed by atoms with Crippen molar-refractivity contribution in [2.75, 3.05) is 11.5 Å². The number of ether oxygens (including phenoxy) is 2. The Morgan fingerprint density at radius 1 is 0.885 bits per heavy atom. The molecule has 1 N–H and O–H groups in total. The summed E-state index contributed by atoms with van der Waals surface area (Å²) in [7, 11) is 3.02. The van der Waals surface area contributed by atoms with Gasteiger partial charge in [0.1, 0.15) is 17.2 Å². The van der Waals surface area contributed by atoms with Gasteiger partial charge in [-0.25, -0.2) is 0 Å². The molecule has 0 saturated carbocycles. The molecule has 5 nitrogen and oxygen atoms in total. The van der Waals surface area contributed by atoms with E-state index in [4.69, 9.17) is 9.47 Å². The Balaban J connectivity index is 1.55. The number of phenolic OH excluding ortho intramolecular Hbond substituents is 1. The molecule has 2 rings (SSSR count). The molecule has 0 aliphatic heterocycles. The summed E-state index contributed by atoms with van der Waals surface area (Å²) in [5.41, 5.74) is 1.04. The van der Waals surface area contributed by atoms with Gasteiger partial charge < -0.3 is 14.6 Å². The van der Waals surface area contributed by atoms with Gasteiger partial charge in [-0.15, -0.1) is 0 Å². The van der Waals surface area contributed by atoms with Crippen LogP contribution in [0.1, 0.15) is 18.4 Å². The molecule has 0 fully saturated rings. The molecule has 0 amide bonds. The van der Waals surface area contributed by atoms with Crippen LogP contribution in [0.15, 0.2) is 48.5 Å². The van der Waals surface area contributed by atoms with Crippen LogP contribution in [0.2, 0.25) is 0 Å². The number of hydrogen-bond acceptors (Lipinski definition) is 7. The molecule has 2 aromatic carbocycles. The highest BCUT2D eigenvalue weighted by molar-refractivity contribution is 8.76. The van der Waals surface area contributed by atoms with E-state index in [0.29, 0.717) is 29.4 Å². The SMILES string of the molecule is Cc1cccc(OC(=O)CCSSCCC(=O)Oc2cccc(O)c2)c1. The summed E-state index contributed by atoms with van der Waals surface area (Å²) in [6, 6.07) is 13.5. The van der Waals surface area contributed by atoms with Gasteiger partial charge in [0, 0.05) is 17.6 Å². The van der Waals surface area contributed by atoms with Crippen LogP contribution in [-0.4, -0.2) is 28.6 Å². The van der Waals surface area contributed by atoms with Gasteiger partial charge in [0.05, 0.1) is 12.8 Å². The molecule has 0 aromatic heterocycles. The lowest BCUT2D eigenvalue weighted by molar-refractivity contribution is -0.134. The summed E-state index contributed by atoms with van der Waals surface area (Å²) >= 11 is 0. The van der Waals surface area contributed by atoms with E-state index in [1.165, 1.54) is 33.7 Å². The van der Waals surface area contributed by atoms with Crippen molar-refractivity contribution in [1.82, 2.24) is 0 Å². The van der Waals surface area contributed by atoms with Crippen LogP contribution >= 0.6 is 21.6 Å². The number of benzene rings is 2. The van der Waals surface area contributed by atoms with Crippen LogP contribution in [0, 0.1) is 6.92 Å². The number of rotatable bonds is 9. The number of carbonyl (C=O) groups excluding carboxylic acids is 2. The first kappa shape index (κ1) is 20.2. The lowest BCUT2D eigenvalue weighted by atomic mass is 10.2. The van der Waals surface area contributed by atoms with Gasteiger partial charge in [0.25, 0.3) is 0 Å². The fourth-order valence-electron chi connectivity index (χ4n) is 1.96. The first-order chi connectivity index (χ1) is 12.5. The molecule has 0 atom stereocenters. The lowest BCUT2D eigenvalue weighted by Crippen LogP contribution is -2.09. The van der Waals surface area contributed by atoms with Gasteiger partial charge in [0.15, 0.2) is 0 Å². The van der Waals surface area contributed by atoms with E-state index in [0.717, 1.165) is 5.56 Å². The van der Waals surface area contributed by atoms with E-state index in [1.807, 2.05) is 25.1 Å². The van der Waals surface area contributed by atoms with E-state index in [2.05, 4.69) is 0 Å². The van der Waals surface area contributed by atoms with Crippen LogP contribution in [-0.2, 0) is 9.59 Å². The summed E-state index contributed by atoms with van der Waals surface area (Å²) in [5, 5.41) is 9.31. The Kier molecular flexibility index (Phi) is 8.37. The molecule has 7 heteroatoms. The summed E-state index contributed by atoms with van der Waals surface area (Å²) in [5.74, 6) is 1.49. The van der Waals surface area contributed by atoms with Crippen LogP contribution in [0.5, 0.6) is 17.2 Å². The first-order valence-corrected chi connectivity index (χ1v) is 10.5. The number of carbonyl (C=O) groups is 2. The molecule has 0 aliphatic rings. The molecule has 0 unspecified atom stereocenters. The minimum absolute atomic E-state index is 0.0535. The molecular formula is C19H20O5S2. The number of aromatic hydroxyl groups is 1. The minimum Gasteiger partial charge on any atom is -0.508 e. The average molecular weight is 392 g/mol. The zero-order valence-corrected chi connectivity index (χ0v) is 16.0. The highest BCUT2D eigenvalue weighted by Crippen LogP contribution is 2.24. The van der Waals surface area contributed by atoms with Gasteiger partial charge in [0.2, 0.25) is 0 Å². The average Bonchev–Trinajstić information content (AvgIpc) is 2.58. The van der Waals surface area contributed by atoms with Gasteiger partial charge in [-0.3, -0.25) is 9.59 Å². The second-order valence-electron chi connectivity index (χ2n) is 5.41. The van der Waals surface area contributed by atoms with Crippen LogP contribution in [0.3, 0.4) is 0 Å². The van der Waals surface area contributed by atoms with Crippen molar-refractivity contribution in [2.24, 2.45) is 0 Å². The topological polar surface area (TPSA) is 72.8 Å². The maximum atomic E-state index is 11.8. The van der Waals surface area contributed by atoms with Crippen molar-refractivity contribution in [2.45, 2.75) is 19.8 Å². The maximum Gasteiger partial charge on any atom is 0.312 e. The molecule has 0 aliphatic carbocycles. The van der Waals surface area contributed by atoms with Crippen molar-refractivity contribution in [3.8, 4) is 17.2 Å². The molecule has 2 aromatic rings. The highest BCUT2D eigenvalue weighted by Gasteiger charge is 2.07. The summed E-state index contributed by atoms with van der Waals surface area (Å²) in [6.07, 6.45) is 0.556. The second-order valence-corrected chi connectivity index (χ2v) is 8.11. The van der Waals surface area contributed by atoms with Crippen LogP contribution < -0.4 is 9.47 Å². The van der Waals surface area contributed by atoms with Gasteiger partial charge in [-0.05, 0) is 36.8 Å². The van der Waals surface area contributed by atoms with Gasteiger partial charge in [-0.2, -0.15) is 0 Å². The standard InChI is InChI=1S/C19H20O5S2/c1-14-4-2-6-16(12-14)23-18(21)8-10-25-26-11-9-19(22)24-17-7-3-5-15(20)13-17/h2-7,12-13,20H,8-11H2,1H3. The van der Waals surface area contributed by atoms with Crippen LogP contribution in [0.4, 0.5) is 0 Å². The van der Waals surface area contributed by atoms with Crippen molar-refractivity contribution >= 4 is 33.5 Å². The van der Waals surface area contributed by atoms with Crippen molar-refractivity contribution in [1.29, 1.82) is 0 Å². The Morgan fingerprint density at radius 3 is 1.96 bits per heavy atom. The molecule has 0 radical (unpaired) electrons. The zero-order valence-electron chi connectivity index (χ0n) is 14.3. The minimum atomic E-state index is -0.359. The quantitative estimate of drug-likeness (QED) is 0.294. The van der Waals surface area contributed by atoms with Crippen LogP contribution in [0.25, 0.3) is 0 Å². The molecule has 26 heavy (non-hydrogen) atoms. The van der Waals surface area contributed by atoms with Crippen molar-refractivity contribution in [3.63, 3.8) is 0 Å². The van der Waals surface area contributed by atoms with Crippen molar-refractivity contribution < 1.29 is 24.2 Å². The Labute approximate surface area is 160 Å². The number of phenols is 1. The summed E-state index contributed by atoms with van der Waals surface area (Å²) < 4.78 is 10.4. The highest BCUT2D eigenvalue weighted by atomic mass is 33.1. The molecule has 0 heterocycles. The number of aryl methyl sites for hydroxylation is 1. The summed E-state index contributed by atoms with van der Waals surface area (Å²) in [4.78, 5) is 23.5. The predicted molar refractivity (Wildman–Crippen MR) is 105 cm³/mol. The van der Waals surface area contributed by atoms with Crippen molar-refractivity contribution in [3.05, 3.63) is 54.1 Å². The first-order valence-electron chi connectivity index (χ1n) is 8.04. The summed E-state index contributed by atoms with van der Waals surface area (Å²) in [6.45, 7) is 1.94. The van der Waals surface area contributed by atoms with E-state index in [9.17, 15) is 14.7 Å². The Morgan fingerprint density at radius 2 is 1.42 bits per heavy atom. The monoisotopic (exact) mass is 392 g/mol. The van der Waals surface area contributed by atoms with E-state index < -0.39 is 0 Å². The van der Waals surface area contributed by atoms with Gasteiger partial charge >= 0.3 is 11.9 Å². The smallest absolute Gasteiger partial charge is 0.312 e. The zero-order chi connectivity index (χ0) is 18.8. The molecule has 0 bridgehead atoms. The normalized spacial score (nSPS) is 10.3. The number of esters is 2. The number of hydrogen-bond donors (Lipinski definition) is 1. The Bertz CT molecular complexity index is 685. The van der Waals surface area contributed by atoms with E-state index in [-0.39, 0.29) is 24.1 Å². The predicted octanol–water partition coefficient (Wildman–Crippen LogP) is 4.37. The lowest BCUT2D eigenvalue weighted by Gasteiger charge is -2.05. The Hall–Kier alpha value is -2.12. The van der Waals surface area contributed by atoms with Gasteiger partial charge in [-0.1, -0.05) is 39.8 Å². The molecule has 0 spiro atoms. The second kappa shape index (κ2) is 10.8. The third-order valence-corrected chi connectivity index (χ3v) is 5.54. The molecule has 138 valence electrons. The fraction of sp³-hybridized carbons (Fsp3) is 0.263. The molecular weight excluding hydrogens is 372 g/mol. The van der Waals surface area contributed by atoms with E-state index >= 15 is 0 Å². The maximum absolute atomic E-state index is 11.8. The largest absolute Gasteiger partial charge is 0.508 e. The molecule has 0 saturated heterocycles. The van der Waals surface area contributed by atoms with E-state index in [1.54, 1.807) is 18.2 Å². The fourth-order valence-corrected chi connectivity index (χ4v) is 3.90.